The molecule has 0 aromatic heterocycles. The van der Waals surface area contributed by atoms with Crippen molar-refractivity contribution in [3.8, 4) is 17.2 Å². The van der Waals surface area contributed by atoms with Gasteiger partial charge in [0.1, 0.15) is 35.6 Å². The largest absolute Gasteiger partial charge is 0.507 e. The summed E-state index contributed by atoms with van der Waals surface area (Å²) in [5, 5.41) is 57.5. The minimum Gasteiger partial charge on any atom is -0.507 e. The second-order valence-electron chi connectivity index (χ2n) is 11.4. The fraction of sp³-hybridized carbons (Fsp3) is 0.484. The molecular weight excluding hydrogens is 578 g/mol. The summed E-state index contributed by atoms with van der Waals surface area (Å²) < 4.78 is 17.3. The standard InChI is InChI=1S/C31H35NO12/c1-4-6-20(35)32-16-9-21(43-13(2)26(16)36)44-18-11-31(41,19(34)12-33)10-15-23(18)30(40)25-24(28(15)38)27(37)14-7-5-8-17(42-3)22(14)29(25)39/h5,7-8,13,16,18,21,26,33,36,38,40-41H,4,6,9-12H2,1-3H3,(H,32,35)/t13-,16+,18-,21-,26+,31-/m0/s1. The first-order valence-electron chi connectivity index (χ1n) is 14.4. The predicted octanol–water partition coefficient (Wildman–Crippen LogP) is 0.959. The number of aliphatic hydroxyl groups is 3. The maximum absolute atomic E-state index is 13.8. The Morgan fingerprint density at radius 1 is 1.11 bits per heavy atom. The number of carbonyl (C=O) groups is 4. The molecule has 1 aliphatic heterocycles. The number of carbonyl (C=O) groups excluding carboxylic acids is 4. The fourth-order valence-electron chi connectivity index (χ4n) is 6.36. The van der Waals surface area contributed by atoms with Crippen molar-refractivity contribution in [2.45, 2.75) is 82.2 Å². The second-order valence-corrected chi connectivity index (χ2v) is 11.4. The number of amides is 1. The van der Waals surface area contributed by atoms with Crippen LogP contribution in [-0.2, 0) is 25.5 Å². The monoisotopic (exact) mass is 613 g/mol. The average Bonchev–Trinajstić information content (AvgIpc) is 2.99. The molecule has 0 unspecified atom stereocenters. The third kappa shape index (κ3) is 5.14. The minimum absolute atomic E-state index is 0.0567. The van der Waals surface area contributed by atoms with Crippen molar-refractivity contribution in [1.29, 1.82) is 0 Å². The summed E-state index contributed by atoms with van der Waals surface area (Å²) in [6, 6.07) is 3.56. The topological polar surface area (TPSA) is 209 Å². The number of hydrogen-bond acceptors (Lipinski definition) is 12. The van der Waals surface area contributed by atoms with E-state index in [0.29, 0.717) is 6.42 Å². The number of hydrogen-bond donors (Lipinski definition) is 6. The molecule has 2 aliphatic carbocycles. The number of benzene rings is 2. The molecule has 44 heavy (non-hydrogen) atoms. The van der Waals surface area contributed by atoms with Gasteiger partial charge in [-0.05, 0) is 19.4 Å². The van der Waals surface area contributed by atoms with Gasteiger partial charge in [0.2, 0.25) is 11.7 Å². The number of methoxy groups -OCH3 is 1. The molecule has 0 bridgehead atoms. The first-order chi connectivity index (χ1) is 20.9. The van der Waals surface area contributed by atoms with E-state index in [9.17, 15) is 44.7 Å². The molecule has 5 rings (SSSR count). The molecule has 1 saturated heterocycles. The Kier molecular flexibility index (Phi) is 8.53. The summed E-state index contributed by atoms with van der Waals surface area (Å²) >= 11 is 0. The lowest BCUT2D eigenvalue weighted by atomic mass is 9.72. The fourth-order valence-corrected chi connectivity index (χ4v) is 6.36. The number of fused-ring (bicyclic) bond motifs is 3. The Morgan fingerprint density at radius 2 is 1.82 bits per heavy atom. The highest BCUT2D eigenvalue weighted by Gasteiger charge is 2.50. The van der Waals surface area contributed by atoms with Crippen LogP contribution >= 0.6 is 0 Å². The zero-order valence-electron chi connectivity index (χ0n) is 24.5. The molecule has 0 saturated carbocycles. The van der Waals surface area contributed by atoms with E-state index >= 15 is 0 Å². The van der Waals surface area contributed by atoms with Gasteiger partial charge in [0.25, 0.3) is 0 Å². The van der Waals surface area contributed by atoms with Crippen LogP contribution in [0.25, 0.3) is 0 Å². The molecule has 0 spiro atoms. The van der Waals surface area contributed by atoms with Crippen molar-refractivity contribution in [3.63, 3.8) is 0 Å². The van der Waals surface area contributed by atoms with Gasteiger partial charge in [-0.1, -0.05) is 19.1 Å². The first-order valence-corrected chi connectivity index (χ1v) is 14.4. The number of phenolic OH excluding ortho intramolecular Hbond substituents is 2. The SMILES string of the molecule is CCCC(=O)N[C@@H]1C[C@H](O[C@H]2C[C@](O)(C(=O)CO)Cc3c(O)c4c(c(O)c32)C(=O)c2c(OC)cccc2C4=O)O[C@@H](C)[C@H]1O. The molecule has 2 aromatic rings. The van der Waals surface area contributed by atoms with Crippen molar-refractivity contribution < 1.29 is 58.9 Å². The van der Waals surface area contributed by atoms with Crippen LogP contribution < -0.4 is 10.1 Å². The number of Topliss-reactive ketones (excluding diaryl/α,β-unsaturated/α-hetero) is 1. The normalized spacial score (nSPS) is 27.6. The Bertz CT molecular complexity index is 1540. The van der Waals surface area contributed by atoms with Crippen LogP contribution in [0, 0.1) is 0 Å². The zero-order valence-corrected chi connectivity index (χ0v) is 24.5. The zero-order chi connectivity index (χ0) is 32.1. The van der Waals surface area contributed by atoms with E-state index in [0.717, 1.165) is 0 Å². The van der Waals surface area contributed by atoms with E-state index in [1.807, 2.05) is 6.92 Å². The third-order valence-corrected chi connectivity index (χ3v) is 8.58. The van der Waals surface area contributed by atoms with Gasteiger partial charge in [0.05, 0.1) is 42.0 Å². The summed E-state index contributed by atoms with van der Waals surface area (Å²) in [6.45, 7) is 2.35. The second kappa shape index (κ2) is 11.9. The van der Waals surface area contributed by atoms with Crippen LogP contribution in [0.5, 0.6) is 17.2 Å². The Hall–Kier alpha value is -3.88. The lowest BCUT2D eigenvalue weighted by molar-refractivity contribution is -0.249. The molecular formula is C31H35NO12. The van der Waals surface area contributed by atoms with Crippen molar-refractivity contribution >= 4 is 23.3 Å². The smallest absolute Gasteiger partial charge is 0.220 e. The van der Waals surface area contributed by atoms with Gasteiger partial charge >= 0.3 is 0 Å². The maximum atomic E-state index is 13.8. The number of phenols is 2. The van der Waals surface area contributed by atoms with E-state index in [1.165, 1.54) is 25.3 Å². The molecule has 3 aliphatic rings. The molecule has 6 atom stereocenters. The number of nitrogens with one attached hydrogen (secondary N) is 1. The van der Waals surface area contributed by atoms with Gasteiger partial charge in [0.15, 0.2) is 17.9 Å². The van der Waals surface area contributed by atoms with Crippen LogP contribution in [0.15, 0.2) is 18.2 Å². The van der Waals surface area contributed by atoms with E-state index in [1.54, 1.807) is 6.92 Å². The van der Waals surface area contributed by atoms with Crippen LogP contribution in [0.1, 0.15) is 88.6 Å². The van der Waals surface area contributed by atoms with Gasteiger partial charge in [-0.15, -0.1) is 0 Å². The molecule has 1 fully saturated rings. The van der Waals surface area contributed by atoms with Crippen molar-refractivity contribution in [1.82, 2.24) is 5.32 Å². The lowest BCUT2D eigenvalue weighted by Gasteiger charge is -2.43. The summed E-state index contributed by atoms with van der Waals surface area (Å²) in [5.74, 6) is -4.20. The third-order valence-electron chi connectivity index (χ3n) is 8.58. The lowest BCUT2D eigenvalue weighted by Crippen LogP contribution is -2.55. The van der Waals surface area contributed by atoms with Crippen LogP contribution in [0.3, 0.4) is 0 Å². The number of ketones is 3. The van der Waals surface area contributed by atoms with E-state index in [2.05, 4.69) is 5.32 Å². The van der Waals surface area contributed by atoms with Crippen LogP contribution in [0.2, 0.25) is 0 Å². The Morgan fingerprint density at radius 3 is 2.48 bits per heavy atom. The summed E-state index contributed by atoms with van der Waals surface area (Å²) in [7, 11) is 1.32. The van der Waals surface area contributed by atoms with Crippen LogP contribution in [0.4, 0.5) is 0 Å². The Balaban J connectivity index is 1.61. The highest BCUT2D eigenvalue weighted by Crippen LogP contribution is 2.52. The number of aromatic hydroxyl groups is 2. The molecule has 1 heterocycles. The summed E-state index contributed by atoms with van der Waals surface area (Å²) in [5.41, 5.74) is -3.82. The van der Waals surface area contributed by atoms with E-state index < -0.39 is 95.7 Å². The van der Waals surface area contributed by atoms with Crippen molar-refractivity contribution in [3.05, 3.63) is 51.6 Å². The van der Waals surface area contributed by atoms with Crippen molar-refractivity contribution in [2.75, 3.05) is 13.7 Å². The summed E-state index contributed by atoms with van der Waals surface area (Å²) in [6.07, 6.45) is -4.82. The van der Waals surface area contributed by atoms with Gasteiger partial charge in [-0.3, -0.25) is 19.2 Å². The molecule has 2 aromatic carbocycles. The molecule has 236 valence electrons. The Labute approximate surface area is 252 Å². The first kappa shape index (κ1) is 31.5. The predicted molar refractivity (Wildman–Crippen MR) is 151 cm³/mol. The molecule has 6 N–H and O–H groups in total. The van der Waals surface area contributed by atoms with E-state index in [-0.39, 0.29) is 46.8 Å². The molecule has 0 radical (unpaired) electrons. The van der Waals surface area contributed by atoms with Gasteiger partial charge in [-0.25, -0.2) is 0 Å². The van der Waals surface area contributed by atoms with Crippen molar-refractivity contribution in [2.24, 2.45) is 0 Å². The quantitative estimate of drug-likeness (QED) is 0.196. The maximum Gasteiger partial charge on any atom is 0.220 e. The number of ether oxygens (including phenoxy) is 3. The number of rotatable bonds is 8. The molecule has 13 heteroatoms. The van der Waals surface area contributed by atoms with Gasteiger partial charge < -0.3 is 45.1 Å². The summed E-state index contributed by atoms with van der Waals surface area (Å²) in [4.78, 5) is 52.4. The van der Waals surface area contributed by atoms with Crippen LogP contribution in [-0.4, -0.2) is 92.6 Å². The molecule has 13 nitrogen and oxygen atoms in total. The minimum atomic E-state index is -2.29. The van der Waals surface area contributed by atoms with Gasteiger partial charge in [0, 0.05) is 42.4 Å². The number of aliphatic hydroxyl groups excluding tert-OH is 2. The molecule has 1 amide bonds. The van der Waals surface area contributed by atoms with E-state index in [4.69, 9.17) is 14.2 Å². The average molecular weight is 614 g/mol. The van der Waals surface area contributed by atoms with Gasteiger partial charge in [-0.2, -0.15) is 0 Å². The highest BCUT2D eigenvalue weighted by molar-refractivity contribution is 6.31. The highest BCUT2D eigenvalue weighted by atomic mass is 16.7.